The summed E-state index contributed by atoms with van der Waals surface area (Å²) in [6, 6.07) is 9.85. The predicted octanol–water partition coefficient (Wildman–Crippen LogP) is 4.60. The van der Waals surface area contributed by atoms with Gasteiger partial charge in [-0.05, 0) is 42.3 Å². The number of nitrogens with zero attached hydrogens (tertiary/aromatic N) is 2. The second-order valence-corrected chi connectivity index (χ2v) is 9.23. The predicted molar refractivity (Wildman–Crippen MR) is 114 cm³/mol. The number of amides is 1. The Hall–Kier alpha value is -1.60. The molecule has 0 saturated heterocycles. The molecular weight excluding hydrogens is 419 g/mol. The number of hydrogen-bond acceptors (Lipinski definition) is 3. The van der Waals surface area contributed by atoms with Gasteiger partial charge in [0.05, 0.1) is 14.9 Å². The van der Waals surface area contributed by atoms with Crippen LogP contribution in [-0.2, 0) is 16.6 Å². The number of rotatable bonds is 7. The van der Waals surface area contributed by atoms with Crippen molar-refractivity contribution in [2.24, 2.45) is 0 Å². The van der Waals surface area contributed by atoms with Crippen LogP contribution in [0.25, 0.3) is 0 Å². The number of aryl methyl sites for hydroxylation is 1. The summed E-state index contributed by atoms with van der Waals surface area (Å²) in [6.45, 7) is 6.41. The van der Waals surface area contributed by atoms with E-state index < -0.39 is 10.0 Å². The lowest BCUT2D eigenvalue weighted by molar-refractivity contribution is 0.0784. The van der Waals surface area contributed by atoms with Gasteiger partial charge in [-0.2, -0.15) is 4.31 Å². The molecule has 0 aliphatic carbocycles. The molecule has 0 spiro atoms. The minimum Gasteiger partial charge on any atom is -0.337 e. The Morgan fingerprint density at radius 1 is 1.00 bits per heavy atom. The topological polar surface area (TPSA) is 57.7 Å². The first kappa shape index (κ1) is 22.7. The van der Waals surface area contributed by atoms with E-state index in [2.05, 4.69) is 0 Å². The van der Waals surface area contributed by atoms with Crippen LogP contribution in [0.2, 0.25) is 10.0 Å². The fourth-order valence-corrected chi connectivity index (χ4v) is 4.70. The summed E-state index contributed by atoms with van der Waals surface area (Å²) in [5.41, 5.74) is 1.90. The number of hydrogen-bond donors (Lipinski definition) is 0. The van der Waals surface area contributed by atoms with Crippen molar-refractivity contribution in [1.82, 2.24) is 9.21 Å². The molecule has 0 bridgehead atoms. The molecule has 2 aromatic carbocycles. The van der Waals surface area contributed by atoms with Gasteiger partial charge >= 0.3 is 0 Å². The van der Waals surface area contributed by atoms with Gasteiger partial charge in [-0.3, -0.25) is 4.79 Å². The lowest BCUT2D eigenvalue weighted by Crippen LogP contribution is -2.31. The van der Waals surface area contributed by atoms with E-state index in [1.807, 2.05) is 0 Å². The van der Waals surface area contributed by atoms with Gasteiger partial charge < -0.3 is 4.90 Å². The van der Waals surface area contributed by atoms with E-state index in [1.54, 1.807) is 58.2 Å². The highest BCUT2D eigenvalue weighted by molar-refractivity contribution is 7.89. The van der Waals surface area contributed by atoms with Crippen molar-refractivity contribution in [1.29, 1.82) is 0 Å². The summed E-state index contributed by atoms with van der Waals surface area (Å²) in [5, 5.41) is 0.869. The Labute approximate surface area is 176 Å². The SMILES string of the molecule is CCN(CC)S(=O)(=O)c1ccc(C)c(C(=O)N(C)Cc2ccc(Cl)c(Cl)c2)c1. The molecule has 1 amide bonds. The molecule has 5 nitrogen and oxygen atoms in total. The second-order valence-electron chi connectivity index (χ2n) is 6.48. The highest BCUT2D eigenvalue weighted by Crippen LogP contribution is 2.24. The van der Waals surface area contributed by atoms with Crippen LogP contribution < -0.4 is 0 Å². The smallest absolute Gasteiger partial charge is 0.254 e. The zero-order valence-electron chi connectivity index (χ0n) is 16.4. The first-order chi connectivity index (χ1) is 13.1. The maximum absolute atomic E-state index is 13.0. The molecular formula is C20H24Cl2N2O3S. The standard InChI is InChI=1S/C20H24Cl2N2O3S/c1-5-24(6-2)28(26,27)16-9-7-14(3)17(12-16)20(25)23(4)13-15-8-10-18(21)19(22)11-15/h7-12H,5-6,13H2,1-4H3. The molecule has 152 valence electrons. The third-order valence-corrected chi connectivity index (χ3v) is 7.32. The number of sulfonamides is 1. The molecule has 0 aromatic heterocycles. The van der Waals surface area contributed by atoms with E-state index in [9.17, 15) is 13.2 Å². The van der Waals surface area contributed by atoms with Gasteiger partial charge in [-0.15, -0.1) is 0 Å². The monoisotopic (exact) mass is 442 g/mol. The summed E-state index contributed by atoms with van der Waals surface area (Å²) in [5.74, 6) is -0.264. The Morgan fingerprint density at radius 3 is 2.21 bits per heavy atom. The molecule has 0 aliphatic heterocycles. The van der Waals surface area contributed by atoms with Crippen molar-refractivity contribution in [2.75, 3.05) is 20.1 Å². The third kappa shape index (κ3) is 4.87. The molecule has 28 heavy (non-hydrogen) atoms. The van der Waals surface area contributed by atoms with Gasteiger partial charge in [0.25, 0.3) is 5.91 Å². The average Bonchev–Trinajstić information content (AvgIpc) is 2.65. The quantitative estimate of drug-likeness (QED) is 0.628. The largest absolute Gasteiger partial charge is 0.337 e. The Balaban J connectivity index is 2.33. The van der Waals surface area contributed by atoms with Crippen molar-refractivity contribution in [2.45, 2.75) is 32.2 Å². The molecule has 8 heteroatoms. The molecule has 0 fully saturated rings. The van der Waals surface area contributed by atoms with Crippen molar-refractivity contribution < 1.29 is 13.2 Å². The summed E-state index contributed by atoms with van der Waals surface area (Å²) in [7, 11) is -1.98. The van der Waals surface area contributed by atoms with Crippen molar-refractivity contribution in [3.63, 3.8) is 0 Å². The lowest BCUT2D eigenvalue weighted by Gasteiger charge is -2.21. The van der Waals surface area contributed by atoms with Crippen molar-refractivity contribution in [3.05, 3.63) is 63.1 Å². The van der Waals surface area contributed by atoms with Gasteiger partial charge in [-0.25, -0.2) is 8.42 Å². The van der Waals surface area contributed by atoms with Crippen LogP contribution in [-0.4, -0.2) is 43.7 Å². The van der Waals surface area contributed by atoms with Crippen molar-refractivity contribution in [3.8, 4) is 0 Å². The second kappa shape index (κ2) is 9.27. The van der Waals surface area contributed by atoms with E-state index in [0.717, 1.165) is 5.56 Å². The van der Waals surface area contributed by atoms with Crippen molar-refractivity contribution >= 4 is 39.1 Å². The zero-order valence-corrected chi connectivity index (χ0v) is 18.7. The lowest BCUT2D eigenvalue weighted by atomic mass is 10.1. The zero-order chi connectivity index (χ0) is 21.1. The number of halogens is 2. The van der Waals surface area contributed by atoms with Gasteiger partial charge in [0.1, 0.15) is 0 Å². The highest BCUT2D eigenvalue weighted by atomic mass is 35.5. The van der Waals surface area contributed by atoms with Crippen LogP contribution in [0.4, 0.5) is 0 Å². The van der Waals surface area contributed by atoms with Gasteiger partial charge in [0.15, 0.2) is 0 Å². The minimum absolute atomic E-state index is 0.119. The molecule has 2 rings (SSSR count). The average molecular weight is 443 g/mol. The number of benzene rings is 2. The summed E-state index contributed by atoms with van der Waals surface area (Å²) in [6.07, 6.45) is 0. The fourth-order valence-electron chi connectivity index (χ4n) is 2.89. The van der Waals surface area contributed by atoms with Gasteiger partial charge in [0.2, 0.25) is 10.0 Å². The van der Waals surface area contributed by atoms with Gasteiger partial charge in [-0.1, -0.05) is 49.2 Å². The van der Waals surface area contributed by atoms with Crippen LogP contribution in [0.1, 0.15) is 35.3 Å². The van der Waals surface area contributed by atoms with Crippen LogP contribution in [0.15, 0.2) is 41.3 Å². The number of carbonyl (C=O) groups is 1. The van der Waals surface area contributed by atoms with Crippen LogP contribution in [0.5, 0.6) is 0 Å². The maximum atomic E-state index is 13.0. The normalized spacial score (nSPS) is 11.7. The van der Waals surface area contributed by atoms with E-state index in [-0.39, 0.29) is 10.8 Å². The van der Waals surface area contributed by atoms with Crippen LogP contribution in [0.3, 0.4) is 0 Å². The molecule has 0 radical (unpaired) electrons. The molecule has 0 saturated carbocycles. The van der Waals surface area contributed by atoms with E-state index in [4.69, 9.17) is 23.2 Å². The van der Waals surface area contributed by atoms with E-state index in [1.165, 1.54) is 15.3 Å². The summed E-state index contributed by atoms with van der Waals surface area (Å²) >= 11 is 12.0. The summed E-state index contributed by atoms with van der Waals surface area (Å²) in [4.78, 5) is 14.6. The fraction of sp³-hybridized carbons (Fsp3) is 0.350. The Bertz CT molecular complexity index is 973. The first-order valence-electron chi connectivity index (χ1n) is 8.92. The molecule has 0 heterocycles. The Kier molecular flexibility index (Phi) is 7.51. The maximum Gasteiger partial charge on any atom is 0.254 e. The Morgan fingerprint density at radius 2 is 1.64 bits per heavy atom. The number of carbonyl (C=O) groups excluding carboxylic acids is 1. The summed E-state index contributed by atoms with van der Waals surface area (Å²) < 4.78 is 26.9. The third-order valence-electron chi connectivity index (χ3n) is 4.53. The highest BCUT2D eigenvalue weighted by Gasteiger charge is 2.24. The van der Waals surface area contributed by atoms with E-state index in [0.29, 0.717) is 40.8 Å². The van der Waals surface area contributed by atoms with E-state index >= 15 is 0 Å². The molecule has 2 aromatic rings. The molecule has 0 aliphatic rings. The molecule has 0 N–H and O–H groups in total. The van der Waals surface area contributed by atoms with Crippen LogP contribution >= 0.6 is 23.2 Å². The van der Waals surface area contributed by atoms with Gasteiger partial charge in [0, 0.05) is 32.2 Å². The molecule has 0 atom stereocenters. The molecule has 0 unspecified atom stereocenters. The van der Waals surface area contributed by atoms with Crippen LogP contribution in [0, 0.1) is 6.92 Å². The minimum atomic E-state index is -3.64. The first-order valence-corrected chi connectivity index (χ1v) is 11.1.